The molecule has 0 bridgehead atoms. The summed E-state index contributed by atoms with van der Waals surface area (Å²) >= 11 is 0. The highest BCUT2D eigenvalue weighted by Gasteiger charge is 2.38. The van der Waals surface area contributed by atoms with Crippen molar-refractivity contribution in [1.29, 1.82) is 0 Å². The van der Waals surface area contributed by atoms with Crippen LogP contribution in [0.2, 0.25) is 0 Å². The van der Waals surface area contributed by atoms with E-state index in [0.29, 0.717) is 17.9 Å². The number of hydrogen-bond acceptors (Lipinski definition) is 3. The Hall–Kier alpha value is -1.88. The van der Waals surface area contributed by atoms with Crippen LogP contribution >= 0.6 is 0 Å². The maximum Gasteiger partial charge on any atom is 0.216 e. The van der Waals surface area contributed by atoms with E-state index in [2.05, 4.69) is 24.3 Å². The van der Waals surface area contributed by atoms with E-state index in [1.54, 1.807) is 11.8 Å². The number of benzene rings is 1. The van der Waals surface area contributed by atoms with Crippen molar-refractivity contribution in [2.24, 2.45) is 7.05 Å². The molecule has 0 amide bonds. The molecule has 0 aliphatic heterocycles. The molecule has 0 spiro atoms. The van der Waals surface area contributed by atoms with E-state index in [4.69, 9.17) is 4.74 Å². The van der Waals surface area contributed by atoms with Gasteiger partial charge in [0.25, 0.3) is 0 Å². The van der Waals surface area contributed by atoms with Crippen molar-refractivity contribution >= 4 is 0 Å². The SMILES string of the molecule is COc1c(CN[C@H]2C[C@H]2c2ccc(F)cc2)c(C(C)C)nn1C. The molecule has 1 N–H and O–H groups in total. The zero-order valence-corrected chi connectivity index (χ0v) is 14.1. The van der Waals surface area contributed by atoms with Gasteiger partial charge in [-0.15, -0.1) is 0 Å². The zero-order chi connectivity index (χ0) is 16.6. The van der Waals surface area contributed by atoms with Gasteiger partial charge in [0.1, 0.15) is 5.82 Å². The summed E-state index contributed by atoms with van der Waals surface area (Å²) in [6.07, 6.45) is 1.09. The van der Waals surface area contributed by atoms with Gasteiger partial charge in [-0.1, -0.05) is 26.0 Å². The molecule has 1 aromatic heterocycles. The Balaban J connectivity index is 1.67. The van der Waals surface area contributed by atoms with Crippen molar-refractivity contribution in [1.82, 2.24) is 15.1 Å². The van der Waals surface area contributed by atoms with Gasteiger partial charge in [0.15, 0.2) is 0 Å². The Labute approximate surface area is 136 Å². The molecule has 1 aliphatic rings. The van der Waals surface area contributed by atoms with Crippen LogP contribution in [0.1, 0.15) is 48.9 Å². The Kier molecular flexibility index (Phi) is 4.39. The molecular formula is C18H24FN3O. The van der Waals surface area contributed by atoms with Gasteiger partial charge in [0.05, 0.1) is 18.4 Å². The standard InChI is InChI=1S/C18H24FN3O/c1-11(2)17-15(18(23-4)22(3)21-17)10-20-16-9-14(16)12-5-7-13(19)8-6-12/h5-8,11,14,16,20H,9-10H2,1-4H3/t14-,16-/m0/s1. The van der Waals surface area contributed by atoms with Gasteiger partial charge in [0, 0.05) is 25.6 Å². The maximum atomic E-state index is 13.0. The minimum absolute atomic E-state index is 0.180. The molecule has 23 heavy (non-hydrogen) atoms. The van der Waals surface area contributed by atoms with Gasteiger partial charge in [-0.05, 0) is 30.0 Å². The molecule has 0 saturated heterocycles. The van der Waals surface area contributed by atoms with Gasteiger partial charge in [-0.2, -0.15) is 5.10 Å². The first-order chi connectivity index (χ1) is 11.0. The molecule has 1 saturated carbocycles. The smallest absolute Gasteiger partial charge is 0.216 e. The monoisotopic (exact) mass is 317 g/mol. The van der Waals surface area contributed by atoms with Gasteiger partial charge in [0.2, 0.25) is 5.88 Å². The number of ether oxygens (including phenoxy) is 1. The molecule has 5 heteroatoms. The van der Waals surface area contributed by atoms with Crippen LogP contribution in [-0.4, -0.2) is 22.9 Å². The van der Waals surface area contributed by atoms with E-state index in [-0.39, 0.29) is 5.82 Å². The third kappa shape index (κ3) is 3.24. The molecule has 2 aromatic rings. The minimum Gasteiger partial charge on any atom is -0.481 e. The molecule has 124 valence electrons. The van der Waals surface area contributed by atoms with Crippen molar-refractivity contribution in [3.05, 3.63) is 46.9 Å². The number of rotatable bonds is 6. The van der Waals surface area contributed by atoms with E-state index < -0.39 is 0 Å². The zero-order valence-electron chi connectivity index (χ0n) is 14.1. The average molecular weight is 317 g/mol. The first kappa shape index (κ1) is 16.0. The predicted molar refractivity (Wildman–Crippen MR) is 88.2 cm³/mol. The second kappa shape index (κ2) is 6.32. The molecule has 0 unspecified atom stereocenters. The number of nitrogens with one attached hydrogen (secondary N) is 1. The molecule has 4 nitrogen and oxygen atoms in total. The van der Waals surface area contributed by atoms with Crippen molar-refractivity contribution in [3.63, 3.8) is 0 Å². The van der Waals surface area contributed by atoms with Crippen molar-refractivity contribution in [2.45, 2.75) is 44.7 Å². The van der Waals surface area contributed by atoms with E-state index in [1.807, 2.05) is 19.2 Å². The number of hydrogen-bond donors (Lipinski definition) is 1. The fourth-order valence-electron chi connectivity index (χ4n) is 3.19. The van der Waals surface area contributed by atoms with Crippen LogP contribution in [0.15, 0.2) is 24.3 Å². The average Bonchev–Trinajstić information content (AvgIpc) is 3.22. The Morgan fingerprint density at radius 1 is 1.35 bits per heavy atom. The van der Waals surface area contributed by atoms with Crippen LogP contribution in [0.25, 0.3) is 0 Å². The van der Waals surface area contributed by atoms with Crippen LogP contribution < -0.4 is 10.1 Å². The highest BCUT2D eigenvalue weighted by atomic mass is 19.1. The molecular weight excluding hydrogens is 293 g/mol. The molecule has 0 radical (unpaired) electrons. The highest BCUT2D eigenvalue weighted by molar-refractivity contribution is 5.34. The second-order valence-electron chi connectivity index (χ2n) is 6.53. The molecule has 3 rings (SSSR count). The topological polar surface area (TPSA) is 39.1 Å². The van der Waals surface area contributed by atoms with Gasteiger partial charge in [-0.3, -0.25) is 0 Å². The molecule has 1 fully saturated rings. The lowest BCUT2D eigenvalue weighted by Crippen LogP contribution is -2.18. The van der Waals surface area contributed by atoms with E-state index >= 15 is 0 Å². The molecule has 2 atom stereocenters. The number of methoxy groups -OCH3 is 1. The fraction of sp³-hybridized carbons (Fsp3) is 0.500. The van der Waals surface area contributed by atoms with Gasteiger partial charge < -0.3 is 10.1 Å². The highest BCUT2D eigenvalue weighted by Crippen LogP contribution is 2.41. The fourth-order valence-corrected chi connectivity index (χ4v) is 3.19. The maximum absolute atomic E-state index is 13.0. The normalized spacial score (nSPS) is 20.1. The van der Waals surface area contributed by atoms with Crippen molar-refractivity contribution < 1.29 is 9.13 Å². The van der Waals surface area contributed by atoms with Crippen LogP contribution in [-0.2, 0) is 13.6 Å². The second-order valence-corrected chi connectivity index (χ2v) is 6.53. The summed E-state index contributed by atoms with van der Waals surface area (Å²) in [5.74, 6) is 1.47. The lowest BCUT2D eigenvalue weighted by Gasteiger charge is -2.09. The first-order valence-corrected chi connectivity index (χ1v) is 8.09. The Morgan fingerprint density at radius 3 is 2.65 bits per heavy atom. The van der Waals surface area contributed by atoms with Crippen LogP contribution in [0.3, 0.4) is 0 Å². The number of nitrogens with zero attached hydrogens (tertiary/aromatic N) is 2. The summed E-state index contributed by atoms with van der Waals surface area (Å²) in [5, 5.41) is 8.17. The molecule has 1 heterocycles. The number of halogens is 1. The van der Waals surface area contributed by atoms with Crippen LogP contribution in [0.5, 0.6) is 5.88 Å². The number of aromatic nitrogens is 2. The third-order valence-corrected chi connectivity index (χ3v) is 4.49. The largest absolute Gasteiger partial charge is 0.481 e. The predicted octanol–water partition coefficient (Wildman–Crippen LogP) is 3.34. The molecule has 1 aliphatic carbocycles. The van der Waals surface area contributed by atoms with E-state index in [0.717, 1.165) is 30.1 Å². The Bertz CT molecular complexity index is 678. The van der Waals surface area contributed by atoms with Crippen molar-refractivity contribution in [2.75, 3.05) is 7.11 Å². The molecule has 1 aromatic carbocycles. The summed E-state index contributed by atoms with van der Waals surface area (Å²) < 4.78 is 20.3. The quantitative estimate of drug-likeness (QED) is 0.888. The summed E-state index contributed by atoms with van der Waals surface area (Å²) in [6, 6.07) is 7.26. The van der Waals surface area contributed by atoms with Crippen molar-refractivity contribution in [3.8, 4) is 5.88 Å². The van der Waals surface area contributed by atoms with Gasteiger partial charge in [-0.25, -0.2) is 9.07 Å². The first-order valence-electron chi connectivity index (χ1n) is 8.09. The lowest BCUT2D eigenvalue weighted by atomic mass is 10.1. The van der Waals surface area contributed by atoms with Gasteiger partial charge >= 0.3 is 0 Å². The van der Waals surface area contributed by atoms with E-state index in [1.165, 1.54) is 17.7 Å². The third-order valence-electron chi connectivity index (χ3n) is 4.49. The lowest BCUT2D eigenvalue weighted by molar-refractivity contribution is 0.368. The summed E-state index contributed by atoms with van der Waals surface area (Å²) in [4.78, 5) is 0. The van der Waals surface area contributed by atoms with E-state index in [9.17, 15) is 4.39 Å². The summed E-state index contributed by atoms with van der Waals surface area (Å²) in [6.45, 7) is 5.03. The van der Waals surface area contributed by atoms with Crippen LogP contribution in [0.4, 0.5) is 4.39 Å². The van der Waals surface area contributed by atoms with Crippen LogP contribution in [0, 0.1) is 5.82 Å². The summed E-state index contributed by atoms with van der Waals surface area (Å²) in [7, 11) is 3.59. The number of aryl methyl sites for hydroxylation is 1. The minimum atomic E-state index is -0.180. The Morgan fingerprint density at radius 2 is 2.04 bits per heavy atom. The summed E-state index contributed by atoms with van der Waals surface area (Å²) in [5.41, 5.74) is 3.41.